The van der Waals surface area contributed by atoms with Gasteiger partial charge in [0.15, 0.2) is 23.0 Å². The average Bonchev–Trinajstić information content (AvgIpc) is 4.09. The lowest BCUT2D eigenvalue weighted by Gasteiger charge is -2.45. The van der Waals surface area contributed by atoms with Crippen LogP contribution < -0.4 is 24.6 Å². The fourth-order valence-corrected chi connectivity index (χ4v) is 8.97. The minimum absolute atomic E-state index is 0.381. The topological polar surface area (TPSA) is 70.7 Å². The fraction of sp³-hybridized carbons (Fsp3) is 0.189. The molecule has 10 rings (SSSR count). The van der Waals surface area contributed by atoms with Crippen molar-refractivity contribution in [2.75, 3.05) is 16.3 Å². The average molecular weight is 771 g/mol. The predicted molar refractivity (Wildman–Crippen MR) is 240 cm³/mol. The first kappa shape index (κ1) is 36.5. The molecule has 3 aliphatic rings. The molecule has 1 unspecified atom stereocenters. The summed E-state index contributed by atoms with van der Waals surface area (Å²) in [5, 5.41) is 13.5. The number of nitriles is 1. The number of benzene rings is 7. The molecule has 0 radical (unpaired) electrons. The molecule has 290 valence electrons. The number of para-hydroxylation sites is 8. The third kappa shape index (κ3) is 6.13. The summed E-state index contributed by atoms with van der Waals surface area (Å²) in [6.07, 6.45) is 0. The minimum Gasteiger partial charge on any atom is -0.453 e. The Morgan fingerprint density at radius 1 is 0.508 bits per heavy atom. The summed E-state index contributed by atoms with van der Waals surface area (Å²) in [6.45, 7) is 15.0. The second-order valence-electron chi connectivity index (χ2n) is 17.7. The Morgan fingerprint density at radius 2 is 0.864 bits per heavy atom. The van der Waals surface area contributed by atoms with E-state index in [-0.39, 0.29) is 0 Å². The zero-order chi connectivity index (χ0) is 40.6. The minimum atomic E-state index is -0.445. The van der Waals surface area contributed by atoms with Gasteiger partial charge in [-0.3, -0.25) is 0 Å². The first-order chi connectivity index (χ1) is 28.5. The van der Waals surface area contributed by atoms with Crippen LogP contribution >= 0.6 is 0 Å². The summed E-state index contributed by atoms with van der Waals surface area (Å²) in [6, 6.07) is 53.6. The van der Waals surface area contributed by atoms with E-state index in [9.17, 15) is 5.26 Å². The van der Waals surface area contributed by atoms with Crippen molar-refractivity contribution in [2.45, 2.75) is 58.4 Å². The normalized spacial score (nSPS) is 15.2. The Bertz CT molecular complexity index is 2730. The van der Waals surface area contributed by atoms with Crippen molar-refractivity contribution in [1.29, 1.82) is 5.26 Å². The van der Waals surface area contributed by atoms with Crippen LogP contribution in [0.4, 0.5) is 34.1 Å². The third-order valence-electron chi connectivity index (χ3n) is 11.6. The maximum Gasteiger partial charge on any atom is 0.151 e. The van der Waals surface area contributed by atoms with Crippen LogP contribution in [0.15, 0.2) is 146 Å². The predicted octanol–water partition coefficient (Wildman–Crippen LogP) is 14.3. The summed E-state index contributed by atoms with van der Waals surface area (Å²) in [4.78, 5) is 4.89. The van der Waals surface area contributed by atoms with Crippen LogP contribution in [-0.2, 0) is 10.8 Å². The van der Waals surface area contributed by atoms with Gasteiger partial charge in [0.2, 0.25) is 0 Å². The van der Waals surface area contributed by atoms with Crippen molar-refractivity contribution >= 4 is 34.1 Å². The Morgan fingerprint density at radius 3 is 1.20 bits per heavy atom. The second kappa shape index (κ2) is 13.7. The smallest absolute Gasteiger partial charge is 0.151 e. The molecule has 0 aliphatic carbocycles. The van der Waals surface area contributed by atoms with Gasteiger partial charge in [0.25, 0.3) is 0 Å². The standard InChI is InChI=1S/C53H46N4O2/c1-52(2,3)48-46(35-25-23-33(31-54)24-26-35)50(56-38-15-7-11-19-42(38)58-43-20-12-8-16-39(43)56)49(53(4,5)6)51(47(48)36-29-27-34(28-30-36)37-32-55-37)57-40-17-9-13-21-44(40)59-45-22-14-10-18-41(45)57/h7-30,37,55H,32H2,1-6H3. The van der Waals surface area contributed by atoms with Crippen molar-refractivity contribution in [3.63, 3.8) is 0 Å². The maximum absolute atomic E-state index is 10.0. The van der Waals surface area contributed by atoms with Gasteiger partial charge in [-0.1, -0.05) is 126 Å². The van der Waals surface area contributed by atoms with E-state index in [1.54, 1.807) is 0 Å². The Labute approximate surface area is 346 Å². The van der Waals surface area contributed by atoms with Crippen LogP contribution in [0, 0.1) is 11.3 Å². The molecule has 1 atom stereocenters. The number of anilines is 6. The molecular formula is C53H46N4O2. The second-order valence-corrected chi connectivity index (χ2v) is 17.7. The summed E-state index contributed by atoms with van der Waals surface area (Å²) in [5.74, 6) is 3.16. The summed E-state index contributed by atoms with van der Waals surface area (Å²) < 4.78 is 13.4. The van der Waals surface area contributed by atoms with Crippen LogP contribution in [0.1, 0.15) is 69.8 Å². The largest absolute Gasteiger partial charge is 0.453 e. The Kier molecular flexibility index (Phi) is 8.45. The molecule has 3 aliphatic heterocycles. The van der Waals surface area contributed by atoms with Crippen LogP contribution in [0.5, 0.6) is 23.0 Å². The lowest BCUT2D eigenvalue weighted by molar-refractivity contribution is 0.476. The highest BCUT2D eigenvalue weighted by molar-refractivity contribution is 6.07. The zero-order valence-electron chi connectivity index (χ0n) is 34.3. The first-order valence-corrected chi connectivity index (χ1v) is 20.4. The van der Waals surface area contributed by atoms with Crippen LogP contribution in [0.25, 0.3) is 22.3 Å². The quantitative estimate of drug-likeness (QED) is 0.176. The highest BCUT2D eigenvalue weighted by Crippen LogP contribution is 2.64. The first-order valence-electron chi connectivity index (χ1n) is 20.4. The fourth-order valence-electron chi connectivity index (χ4n) is 8.97. The summed E-state index contributed by atoms with van der Waals surface area (Å²) >= 11 is 0. The number of ether oxygens (including phenoxy) is 2. The third-order valence-corrected chi connectivity index (χ3v) is 11.6. The molecule has 0 bridgehead atoms. The van der Waals surface area contributed by atoms with E-state index >= 15 is 0 Å². The Hall–Kier alpha value is -6.81. The molecule has 6 heteroatoms. The molecule has 1 fully saturated rings. The molecule has 1 N–H and O–H groups in total. The van der Waals surface area contributed by atoms with Crippen molar-refractivity contribution in [3.8, 4) is 51.3 Å². The lowest BCUT2D eigenvalue weighted by atomic mass is 9.70. The molecule has 7 aromatic carbocycles. The van der Waals surface area contributed by atoms with Crippen molar-refractivity contribution in [3.05, 3.63) is 168 Å². The molecular weight excluding hydrogens is 725 g/mol. The zero-order valence-corrected chi connectivity index (χ0v) is 34.3. The van der Waals surface area contributed by atoms with E-state index in [2.05, 4.69) is 172 Å². The molecule has 0 saturated carbocycles. The number of rotatable bonds is 5. The van der Waals surface area contributed by atoms with Gasteiger partial charge in [0.05, 0.1) is 45.8 Å². The van der Waals surface area contributed by atoms with Crippen molar-refractivity contribution in [2.24, 2.45) is 0 Å². The molecule has 59 heavy (non-hydrogen) atoms. The molecule has 7 aromatic rings. The van der Waals surface area contributed by atoms with E-state index in [1.807, 2.05) is 36.4 Å². The summed E-state index contributed by atoms with van der Waals surface area (Å²) in [7, 11) is 0. The number of fused-ring (bicyclic) bond motifs is 4. The number of nitrogens with one attached hydrogen (secondary N) is 1. The van der Waals surface area contributed by atoms with Gasteiger partial charge in [0, 0.05) is 29.3 Å². The van der Waals surface area contributed by atoms with Crippen LogP contribution in [-0.4, -0.2) is 6.54 Å². The van der Waals surface area contributed by atoms with Crippen LogP contribution in [0.2, 0.25) is 0 Å². The Balaban J connectivity index is 1.47. The van der Waals surface area contributed by atoms with Gasteiger partial charge < -0.3 is 24.6 Å². The molecule has 6 nitrogen and oxygen atoms in total. The monoisotopic (exact) mass is 770 g/mol. The SMILES string of the molecule is CC(C)(C)c1c(-c2ccc(C#N)cc2)c(N2c3ccccc3Oc3ccccc32)c(C(C)(C)C)c(N2c3ccccc3Oc3ccccc32)c1-c1ccc(C2CN2)cc1. The highest BCUT2D eigenvalue weighted by Gasteiger charge is 2.43. The van der Waals surface area contributed by atoms with Gasteiger partial charge in [-0.05, 0) is 93.7 Å². The highest BCUT2D eigenvalue weighted by atomic mass is 16.5. The van der Waals surface area contributed by atoms with Gasteiger partial charge >= 0.3 is 0 Å². The maximum atomic E-state index is 10.0. The van der Waals surface area contributed by atoms with E-state index in [1.165, 1.54) is 11.1 Å². The van der Waals surface area contributed by atoms with E-state index < -0.39 is 10.8 Å². The number of hydrogen-bond donors (Lipinski definition) is 1. The molecule has 0 amide bonds. The molecule has 1 saturated heterocycles. The van der Waals surface area contributed by atoms with Crippen LogP contribution in [0.3, 0.4) is 0 Å². The van der Waals surface area contributed by atoms with Crippen molar-refractivity contribution < 1.29 is 9.47 Å². The van der Waals surface area contributed by atoms with E-state index in [0.29, 0.717) is 11.6 Å². The van der Waals surface area contributed by atoms with Gasteiger partial charge in [0.1, 0.15) is 0 Å². The molecule has 3 heterocycles. The van der Waals surface area contributed by atoms with Gasteiger partial charge in [-0.2, -0.15) is 5.26 Å². The molecule has 0 aromatic heterocycles. The van der Waals surface area contributed by atoms with Crippen molar-refractivity contribution in [1.82, 2.24) is 5.32 Å². The lowest BCUT2D eigenvalue weighted by Crippen LogP contribution is -2.29. The van der Waals surface area contributed by atoms with Gasteiger partial charge in [-0.15, -0.1) is 0 Å². The number of hydrogen-bond acceptors (Lipinski definition) is 6. The molecule has 0 spiro atoms. The number of nitrogens with zero attached hydrogens (tertiary/aromatic N) is 3. The van der Waals surface area contributed by atoms with E-state index in [4.69, 9.17) is 9.47 Å². The summed E-state index contributed by atoms with van der Waals surface area (Å²) in [5.41, 5.74) is 13.8. The van der Waals surface area contributed by atoms with E-state index in [0.717, 1.165) is 91.5 Å². The van der Waals surface area contributed by atoms with Gasteiger partial charge in [-0.25, -0.2) is 0 Å².